The van der Waals surface area contributed by atoms with Crippen molar-refractivity contribution in [1.29, 1.82) is 0 Å². The molecule has 1 atom stereocenters. The largest absolute Gasteiger partial charge is 0.284 e. The summed E-state index contributed by atoms with van der Waals surface area (Å²) in [6.45, 7) is 5.46. The van der Waals surface area contributed by atoms with Gasteiger partial charge in [-0.05, 0) is 54.8 Å². The van der Waals surface area contributed by atoms with E-state index in [1.807, 2.05) is 13.8 Å². The van der Waals surface area contributed by atoms with Gasteiger partial charge in [-0.15, -0.1) is 0 Å². The number of hydrogen-bond donors (Lipinski definition) is 1. The minimum Gasteiger partial charge on any atom is -0.284 e. The molecule has 0 aliphatic rings. The van der Waals surface area contributed by atoms with Crippen LogP contribution in [0.15, 0.2) is 0 Å². The molecular weight excluding hydrogens is 294 g/mol. The van der Waals surface area contributed by atoms with Crippen molar-refractivity contribution in [3.63, 3.8) is 0 Å². The van der Waals surface area contributed by atoms with Gasteiger partial charge in [-0.25, -0.2) is 0 Å². The van der Waals surface area contributed by atoms with Crippen LogP contribution in [0.1, 0.15) is 27.2 Å². The number of carbonyl (C=O) groups is 1. The Labute approximate surface area is 144 Å². The van der Waals surface area contributed by atoms with Gasteiger partial charge < -0.3 is 0 Å². The van der Waals surface area contributed by atoms with Crippen molar-refractivity contribution in [2.45, 2.75) is 27.2 Å². The van der Waals surface area contributed by atoms with E-state index in [2.05, 4.69) is 100 Å². The quantitative estimate of drug-likeness (QED) is 0.602. The molecule has 0 heterocycles. The maximum Gasteiger partial charge on any atom is 0.234 e. The molecule has 0 bridgehead atoms. The number of amides is 1. The maximum atomic E-state index is 11.4. The van der Waals surface area contributed by atoms with E-state index < -0.39 is 0 Å². The zero-order valence-electron chi connectivity index (χ0n) is 13.7. The molecular formula is C22H13NO. The Kier molecular flexibility index (Phi) is 12.8. The predicted octanol–water partition coefficient (Wildman–Crippen LogP) is 1.15. The predicted molar refractivity (Wildman–Crippen MR) is 95.5 cm³/mol. The highest BCUT2D eigenvalue weighted by molar-refractivity contribution is 5.80. The molecule has 112 valence electrons. The van der Waals surface area contributed by atoms with Crippen LogP contribution in [-0.2, 0) is 4.79 Å². The smallest absolute Gasteiger partial charge is 0.234 e. The molecule has 0 radical (unpaired) electrons. The Morgan fingerprint density at radius 1 is 0.750 bits per heavy atom. The first-order chi connectivity index (χ1) is 11.7. The summed E-state index contributed by atoms with van der Waals surface area (Å²) < 4.78 is 0. The first-order valence-electron chi connectivity index (χ1n) is 6.94. The summed E-state index contributed by atoms with van der Waals surface area (Å²) in [5.41, 5.74) is 0. The van der Waals surface area contributed by atoms with Gasteiger partial charge in [0.15, 0.2) is 0 Å². The fourth-order valence-electron chi connectivity index (χ4n) is 0.870. The number of carbonyl (C=O) groups excluding carboxylic acids is 1. The Morgan fingerprint density at radius 2 is 1.12 bits per heavy atom. The molecule has 2 nitrogen and oxygen atoms in total. The summed E-state index contributed by atoms with van der Waals surface area (Å²) in [5.74, 6) is 37.5. The third kappa shape index (κ3) is 13.0. The maximum absolute atomic E-state index is 11.4. The van der Waals surface area contributed by atoms with Gasteiger partial charge in [0.05, 0.1) is 0 Å². The Morgan fingerprint density at radius 3 is 1.50 bits per heavy atom. The van der Waals surface area contributed by atoms with E-state index in [9.17, 15) is 4.79 Å². The second-order valence-electron chi connectivity index (χ2n) is 3.92. The van der Waals surface area contributed by atoms with E-state index in [-0.39, 0.29) is 11.8 Å². The molecule has 1 unspecified atom stereocenters. The van der Waals surface area contributed by atoms with E-state index in [0.717, 1.165) is 6.42 Å². The van der Waals surface area contributed by atoms with E-state index in [1.165, 1.54) is 0 Å². The van der Waals surface area contributed by atoms with Gasteiger partial charge in [-0.2, -0.15) is 0 Å². The van der Waals surface area contributed by atoms with Crippen molar-refractivity contribution in [2.24, 2.45) is 5.92 Å². The molecule has 0 saturated heterocycles. The first-order valence-corrected chi connectivity index (χ1v) is 6.94. The van der Waals surface area contributed by atoms with Crippen LogP contribution in [-0.4, -0.2) is 5.91 Å². The van der Waals surface area contributed by atoms with Crippen LogP contribution in [0.2, 0.25) is 0 Å². The highest BCUT2D eigenvalue weighted by Crippen LogP contribution is 1.98. The molecule has 0 rings (SSSR count). The average Bonchev–Trinajstić information content (AvgIpc) is 2.60. The Balaban J connectivity index is 4.32. The molecule has 24 heavy (non-hydrogen) atoms. The van der Waals surface area contributed by atoms with E-state index in [4.69, 9.17) is 0 Å². The lowest BCUT2D eigenvalue weighted by Gasteiger charge is -2.03. The van der Waals surface area contributed by atoms with Crippen molar-refractivity contribution < 1.29 is 4.79 Å². The number of rotatable bonds is 2. The Bertz CT molecular complexity index is 952. The van der Waals surface area contributed by atoms with Crippen LogP contribution in [0.4, 0.5) is 0 Å². The lowest BCUT2D eigenvalue weighted by Crippen LogP contribution is -2.24. The summed E-state index contributed by atoms with van der Waals surface area (Å²) in [6, 6.07) is 2.46. The summed E-state index contributed by atoms with van der Waals surface area (Å²) in [5, 5.41) is 2.45. The molecule has 1 N–H and O–H groups in total. The molecule has 2 heteroatoms. The summed E-state index contributed by atoms with van der Waals surface area (Å²) >= 11 is 0. The molecule has 0 aromatic heterocycles. The second kappa shape index (κ2) is 15.3. The molecule has 1 amide bonds. The molecule has 0 aliphatic heterocycles. The van der Waals surface area contributed by atoms with Crippen LogP contribution in [0.3, 0.4) is 0 Å². The summed E-state index contributed by atoms with van der Waals surface area (Å²) in [6.07, 6.45) is 0.763. The standard InChI is InChI=1S/C22H13NO/c1-4-6-7-8-9-10-11-12-13-14-15-16-17-18-19-20-23-22(24)21(3)5-2/h21H,5H2,1-3H3,(H,23,24). The third-order valence-corrected chi connectivity index (χ3v) is 2.25. The van der Waals surface area contributed by atoms with E-state index >= 15 is 0 Å². The lowest BCUT2D eigenvalue weighted by molar-refractivity contribution is -0.123. The van der Waals surface area contributed by atoms with Crippen molar-refractivity contribution in [3.05, 3.63) is 0 Å². The lowest BCUT2D eigenvalue weighted by atomic mass is 10.1. The SMILES string of the molecule is CC#CC#CC#CC#CC#CC#CC#CC#CNC(=O)C(C)CC. The van der Waals surface area contributed by atoms with E-state index in [1.54, 1.807) is 6.92 Å². The van der Waals surface area contributed by atoms with Crippen LogP contribution in [0.25, 0.3) is 0 Å². The van der Waals surface area contributed by atoms with E-state index in [0.29, 0.717) is 0 Å². The highest BCUT2D eigenvalue weighted by atomic mass is 16.1. The van der Waals surface area contributed by atoms with Crippen molar-refractivity contribution in [3.8, 4) is 94.9 Å². The molecule has 0 aliphatic carbocycles. The molecule has 0 saturated carbocycles. The molecule has 0 aromatic carbocycles. The van der Waals surface area contributed by atoms with Gasteiger partial charge in [-0.3, -0.25) is 10.1 Å². The molecule has 0 spiro atoms. The van der Waals surface area contributed by atoms with Gasteiger partial charge in [0.25, 0.3) is 0 Å². The minimum atomic E-state index is -0.116. The number of hydrogen-bond acceptors (Lipinski definition) is 1. The van der Waals surface area contributed by atoms with Gasteiger partial charge in [-0.1, -0.05) is 19.8 Å². The van der Waals surface area contributed by atoms with Crippen molar-refractivity contribution in [2.75, 3.05) is 0 Å². The zero-order valence-corrected chi connectivity index (χ0v) is 13.7. The van der Waals surface area contributed by atoms with Gasteiger partial charge in [0, 0.05) is 53.4 Å². The monoisotopic (exact) mass is 307 g/mol. The van der Waals surface area contributed by atoms with Gasteiger partial charge >= 0.3 is 0 Å². The normalized spacial score (nSPS) is 6.96. The topological polar surface area (TPSA) is 29.1 Å². The van der Waals surface area contributed by atoms with Crippen LogP contribution in [0, 0.1) is 101 Å². The van der Waals surface area contributed by atoms with Gasteiger partial charge in [0.2, 0.25) is 5.91 Å². The van der Waals surface area contributed by atoms with Gasteiger partial charge in [0.1, 0.15) is 0 Å². The molecule has 0 aromatic rings. The fourth-order valence-corrected chi connectivity index (χ4v) is 0.870. The minimum absolute atomic E-state index is 0.0646. The average molecular weight is 307 g/mol. The van der Waals surface area contributed by atoms with Crippen molar-refractivity contribution in [1.82, 2.24) is 5.32 Å². The number of nitrogens with one attached hydrogen (secondary N) is 1. The van der Waals surface area contributed by atoms with Crippen LogP contribution >= 0.6 is 0 Å². The third-order valence-electron chi connectivity index (χ3n) is 2.25. The zero-order chi connectivity index (χ0) is 17.9. The Hall–Kier alpha value is -4.05. The van der Waals surface area contributed by atoms with Crippen molar-refractivity contribution >= 4 is 5.91 Å². The summed E-state index contributed by atoms with van der Waals surface area (Å²) in [7, 11) is 0. The summed E-state index contributed by atoms with van der Waals surface area (Å²) in [4.78, 5) is 11.4. The highest BCUT2D eigenvalue weighted by Gasteiger charge is 2.07. The van der Waals surface area contributed by atoms with Crippen LogP contribution in [0.5, 0.6) is 0 Å². The molecule has 0 fully saturated rings. The fraction of sp³-hybridized carbons (Fsp3) is 0.227. The first kappa shape index (κ1) is 19.9. The van der Waals surface area contributed by atoms with Crippen LogP contribution < -0.4 is 5.32 Å². The second-order valence-corrected chi connectivity index (χ2v) is 3.92.